The molecular weight excluding hydrogens is 264 g/mol. The van der Waals surface area contributed by atoms with Gasteiger partial charge in [0, 0.05) is 0 Å². The average molecular weight is 270 g/mol. The Morgan fingerprint density at radius 2 is 1.53 bits per heavy atom. The molecule has 0 aliphatic rings. The van der Waals surface area contributed by atoms with E-state index in [-0.39, 0.29) is 0 Å². The molecule has 0 fully saturated rings. The molecule has 0 aliphatic heterocycles. The summed E-state index contributed by atoms with van der Waals surface area (Å²) in [6.07, 6.45) is 0. The van der Waals surface area contributed by atoms with Crippen molar-refractivity contribution in [2.24, 2.45) is 0 Å². The molecule has 2 nitrogen and oxygen atoms in total. The van der Waals surface area contributed by atoms with Gasteiger partial charge in [-0.25, -0.2) is 18.0 Å². The van der Waals surface area contributed by atoms with Crippen LogP contribution < -0.4 is 4.74 Å². The van der Waals surface area contributed by atoms with Crippen LogP contribution in [0.4, 0.5) is 17.6 Å². The molecule has 0 aliphatic carbocycles. The Hall–Kier alpha value is -2.37. The predicted octanol–water partition coefficient (Wildman–Crippen LogP) is 3.46. The molecule has 0 radical (unpaired) electrons. The van der Waals surface area contributed by atoms with Gasteiger partial charge in [-0.3, -0.25) is 0 Å². The van der Waals surface area contributed by atoms with E-state index in [1.165, 1.54) is 12.1 Å². The molecule has 0 saturated heterocycles. The van der Waals surface area contributed by atoms with Crippen LogP contribution in [0.25, 0.3) is 0 Å². The van der Waals surface area contributed by atoms with Crippen LogP contribution >= 0.6 is 0 Å². The summed E-state index contributed by atoms with van der Waals surface area (Å²) in [7, 11) is 0. The van der Waals surface area contributed by atoms with Gasteiger partial charge in [0.25, 0.3) is 0 Å². The van der Waals surface area contributed by atoms with E-state index in [0.29, 0.717) is 6.07 Å². The second-order valence-corrected chi connectivity index (χ2v) is 3.54. The molecule has 0 spiro atoms. The second kappa shape index (κ2) is 5.09. The highest BCUT2D eigenvalue weighted by atomic mass is 19.2. The summed E-state index contributed by atoms with van der Waals surface area (Å²) < 4.78 is 56.6. The second-order valence-electron chi connectivity index (χ2n) is 3.54. The van der Waals surface area contributed by atoms with Crippen molar-refractivity contribution in [3.8, 4) is 5.75 Å². The van der Waals surface area contributed by atoms with Gasteiger partial charge >= 0.3 is 5.97 Å². The van der Waals surface area contributed by atoms with Crippen LogP contribution in [0.15, 0.2) is 36.4 Å². The van der Waals surface area contributed by atoms with Crippen molar-refractivity contribution in [1.82, 2.24) is 0 Å². The van der Waals surface area contributed by atoms with E-state index in [2.05, 4.69) is 4.74 Å². The molecule has 0 atom stereocenters. The molecule has 2 aromatic carbocycles. The maximum absolute atomic E-state index is 13.3. The summed E-state index contributed by atoms with van der Waals surface area (Å²) in [5, 5.41) is 0. The quantitative estimate of drug-likeness (QED) is 0.361. The third-order valence-corrected chi connectivity index (χ3v) is 2.30. The van der Waals surface area contributed by atoms with Crippen molar-refractivity contribution in [2.75, 3.05) is 0 Å². The zero-order valence-electron chi connectivity index (χ0n) is 9.29. The third kappa shape index (κ3) is 2.57. The first-order valence-corrected chi connectivity index (χ1v) is 5.11. The maximum atomic E-state index is 13.3. The summed E-state index contributed by atoms with van der Waals surface area (Å²) >= 11 is 0. The highest BCUT2D eigenvalue weighted by Gasteiger charge is 2.19. The van der Waals surface area contributed by atoms with Crippen molar-refractivity contribution in [1.29, 1.82) is 0 Å². The largest absolute Gasteiger partial charge is 0.420 e. The topological polar surface area (TPSA) is 26.3 Å². The van der Waals surface area contributed by atoms with Crippen molar-refractivity contribution in [2.45, 2.75) is 0 Å². The fourth-order valence-corrected chi connectivity index (χ4v) is 1.37. The molecule has 6 heteroatoms. The maximum Gasteiger partial charge on any atom is 0.346 e. The first kappa shape index (κ1) is 13.1. The van der Waals surface area contributed by atoms with Crippen LogP contribution in [0.1, 0.15) is 10.4 Å². The molecule has 0 saturated carbocycles. The van der Waals surface area contributed by atoms with Gasteiger partial charge in [0.1, 0.15) is 5.82 Å². The molecule has 0 amide bonds. The van der Waals surface area contributed by atoms with Gasteiger partial charge in [-0.05, 0) is 24.3 Å². The lowest BCUT2D eigenvalue weighted by Gasteiger charge is -2.06. The van der Waals surface area contributed by atoms with E-state index in [4.69, 9.17) is 0 Å². The normalized spacial score (nSPS) is 10.3. The van der Waals surface area contributed by atoms with Gasteiger partial charge in [0.2, 0.25) is 5.82 Å². The SMILES string of the molecule is O=C(Oc1ccc(F)c(F)c1F)c1ccccc1F. The van der Waals surface area contributed by atoms with Crippen molar-refractivity contribution < 1.29 is 27.1 Å². The minimum absolute atomic E-state index is 0.438. The first-order valence-electron chi connectivity index (χ1n) is 5.11. The molecule has 2 rings (SSSR count). The van der Waals surface area contributed by atoms with E-state index < -0.39 is 40.6 Å². The van der Waals surface area contributed by atoms with Gasteiger partial charge in [-0.1, -0.05) is 12.1 Å². The molecule has 0 N–H and O–H groups in total. The summed E-state index contributed by atoms with van der Waals surface area (Å²) in [6, 6.07) is 6.20. The fraction of sp³-hybridized carbons (Fsp3) is 0. The van der Waals surface area contributed by atoms with Crippen LogP contribution in [-0.4, -0.2) is 5.97 Å². The number of carbonyl (C=O) groups excluding carboxylic acids is 1. The number of halogens is 4. The third-order valence-electron chi connectivity index (χ3n) is 2.30. The lowest BCUT2D eigenvalue weighted by atomic mass is 10.2. The average Bonchev–Trinajstić information content (AvgIpc) is 2.40. The van der Waals surface area contributed by atoms with Crippen LogP contribution in [0.2, 0.25) is 0 Å². The summed E-state index contributed by atoms with van der Waals surface area (Å²) in [5.74, 6) is -7.71. The highest BCUT2D eigenvalue weighted by molar-refractivity contribution is 5.91. The number of benzene rings is 2. The zero-order valence-corrected chi connectivity index (χ0v) is 9.29. The molecule has 0 bridgehead atoms. The number of hydrogen-bond donors (Lipinski definition) is 0. The van der Waals surface area contributed by atoms with Crippen molar-refractivity contribution >= 4 is 5.97 Å². The number of carbonyl (C=O) groups is 1. The van der Waals surface area contributed by atoms with Crippen molar-refractivity contribution in [3.05, 3.63) is 65.2 Å². The minimum Gasteiger partial charge on any atom is -0.420 e. The van der Waals surface area contributed by atoms with Gasteiger partial charge in [-0.2, -0.15) is 4.39 Å². The van der Waals surface area contributed by atoms with Crippen molar-refractivity contribution in [3.63, 3.8) is 0 Å². The Kier molecular flexibility index (Phi) is 3.50. The molecule has 0 unspecified atom stereocenters. The predicted molar refractivity (Wildman–Crippen MR) is 57.7 cm³/mol. The summed E-state index contributed by atoms with van der Waals surface area (Å²) in [5.41, 5.74) is -0.438. The van der Waals surface area contributed by atoms with Crippen LogP contribution in [0.3, 0.4) is 0 Å². The Bertz CT molecular complexity index is 641. The first-order chi connectivity index (χ1) is 9.00. The van der Waals surface area contributed by atoms with E-state index >= 15 is 0 Å². The zero-order chi connectivity index (χ0) is 14.0. The molecule has 19 heavy (non-hydrogen) atoms. The van der Waals surface area contributed by atoms with E-state index in [0.717, 1.165) is 18.2 Å². The van der Waals surface area contributed by atoms with Gasteiger partial charge in [0.15, 0.2) is 17.4 Å². The Balaban J connectivity index is 2.30. The van der Waals surface area contributed by atoms with Crippen LogP contribution in [0, 0.1) is 23.3 Å². The van der Waals surface area contributed by atoms with Crippen LogP contribution in [0.5, 0.6) is 5.75 Å². The lowest BCUT2D eigenvalue weighted by Crippen LogP contribution is -2.12. The molecule has 0 aromatic heterocycles. The highest BCUT2D eigenvalue weighted by Crippen LogP contribution is 2.23. The van der Waals surface area contributed by atoms with E-state index in [1.54, 1.807) is 0 Å². The van der Waals surface area contributed by atoms with E-state index in [1.807, 2.05) is 0 Å². The molecular formula is C13H6F4O2. The molecule has 98 valence electrons. The minimum atomic E-state index is -1.76. The van der Waals surface area contributed by atoms with Gasteiger partial charge in [0.05, 0.1) is 5.56 Å². The summed E-state index contributed by atoms with van der Waals surface area (Å²) in [4.78, 5) is 11.5. The van der Waals surface area contributed by atoms with Gasteiger partial charge in [-0.15, -0.1) is 0 Å². The number of esters is 1. The Morgan fingerprint density at radius 3 is 2.21 bits per heavy atom. The monoisotopic (exact) mass is 270 g/mol. The standard InChI is InChI=1S/C13H6F4O2/c14-8-4-2-1-3-7(8)13(18)19-10-6-5-9(15)11(16)12(10)17/h1-6H. The van der Waals surface area contributed by atoms with Crippen LogP contribution in [-0.2, 0) is 0 Å². The smallest absolute Gasteiger partial charge is 0.346 e. The van der Waals surface area contributed by atoms with Gasteiger partial charge < -0.3 is 4.74 Å². The Morgan fingerprint density at radius 1 is 0.842 bits per heavy atom. The van der Waals surface area contributed by atoms with E-state index in [9.17, 15) is 22.4 Å². The number of rotatable bonds is 2. The summed E-state index contributed by atoms with van der Waals surface area (Å²) in [6.45, 7) is 0. The lowest BCUT2D eigenvalue weighted by molar-refractivity contribution is 0.0721. The fourth-order valence-electron chi connectivity index (χ4n) is 1.37. The molecule has 2 aromatic rings. The Labute approximate surface area is 105 Å². The molecule has 0 heterocycles. The number of hydrogen-bond acceptors (Lipinski definition) is 2. The number of ether oxygens (including phenoxy) is 1.